The maximum Gasteiger partial charge on any atom is 0.433 e. The SMILES string of the molecule is CCN1c2cccc(C(=O)OC)c2N=C(C(F)(F)F)C1O. The minimum Gasteiger partial charge on any atom is -0.465 e. The van der Waals surface area contributed by atoms with E-state index in [1.54, 1.807) is 6.92 Å². The van der Waals surface area contributed by atoms with E-state index >= 15 is 0 Å². The summed E-state index contributed by atoms with van der Waals surface area (Å²) < 4.78 is 43.5. The Morgan fingerprint density at radius 1 is 1.48 bits per heavy atom. The minimum atomic E-state index is -4.80. The third-order valence-electron chi connectivity index (χ3n) is 3.13. The molecule has 0 aromatic heterocycles. The van der Waals surface area contributed by atoms with Crippen LogP contribution in [0.4, 0.5) is 24.5 Å². The highest BCUT2D eigenvalue weighted by atomic mass is 19.4. The Morgan fingerprint density at radius 2 is 2.14 bits per heavy atom. The van der Waals surface area contributed by atoms with E-state index in [9.17, 15) is 23.1 Å². The largest absolute Gasteiger partial charge is 0.465 e. The highest BCUT2D eigenvalue weighted by molar-refractivity contribution is 6.06. The molecule has 0 radical (unpaired) electrons. The number of carbonyl (C=O) groups excluding carboxylic acids is 1. The summed E-state index contributed by atoms with van der Waals surface area (Å²) in [7, 11) is 1.13. The average molecular weight is 302 g/mol. The highest BCUT2D eigenvalue weighted by Crippen LogP contribution is 2.40. The molecule has 5 nitrogen and oxygen atoms in total. The van der Waals surface area contributed by atoms with Crippen LogP contribution < -0.4 is 4.90 Å². The fourth-order valence-electron chi connectivity index (χ4n) is 2.17. The van der Waals surface area contributed by atoms with Gasteiger partial charge < -0.3 is 14.7 Å². The number of aliphatic hydroxyl groups is 1. The third-order valence-corrected chi connectivity index (χ3v) is 3.13. The zero-order chi connectivity index (χ0) is 15.8. The summed E-state index contributed by atoms with van der Waals surface area (Å²) in [6, 6.07) is 4.31. The van der Waals surface area contributed by atoms with Crippen LogP contribution >= 0.6 is 0 Å². The number of esters is 1. The molecule has 0 amide bonds. The van der Waals surface area contributed by atoms with Gasteiger partial charge in [-0.1, -0.05) is 6.07 Å². The fourth-order valence-corrected chi connectivity index (χ4v) is 2.17. The van der Waals surface area contributed by atoms with Crippen molar-refractivity contribution in [2.45, 2.75) is 19.3 Å². The predicted molar refractivity (Wildman–Crippen MR) is 70.0 cm³/mol. The summed E-state index contributed by atoms with van der Waals surface area (Å²) in [6.45, 7) is 1.71. The van der Waals surface area contributed by atoms with E-state index in [-0.39, 0.29) is 23.5 Å². The zero-order valence-corrected chi connectivity index (χ0v) is 11.3. The van der Waals surface area contributed by atoms with Crippen LogP contribution in [-0.2, 0) is 4.74 Å². The Balaban J connectivity index is 2.69. The van der Waals surface area contributed by atoms with Gasteiger partial charge in [-0.05, 0) is 19.1 Å². The van der Waals surface area contributed by atoms with Crippen LogP contribution in [0.15, 0.2) is 23.2 Å². The molecule has 114 valence electrons. The first-order valence-electron chi connectivity index (χ1n) is 6.13. The number of aliphatic imine (C=N–C) groups is 1. The smallest absolute Gasteiger partial charge is 0.433 e. The number of hydrogen-bond acceptors (Lipinski definition) is 5. The van der Waals surface area contributed by atoms with Crippen LogP contribution in [-0.4, -0.2) is 42.8 Å². The topological polar surface area (TPSA) is 62.1 Å². The monoisotopic (exact) mass is 302 g/mol. The van der Waals surface area contributed by atoms with Gasteiger partial charge in [0.2, 0.25) is 0 Å². The fraction of sp³-hybridized carbons (Fsp3) is 0.385. The molecule has 1 aromatic carbocycles. The Hall–Kier alpha value is -2.09. The molecule has 0 saturated carbocycles. The second-order valence-corrected chi connectivity index (χ2v) is 4.32. The predicted octanol–water partition coefficient (Wildman–Crippen LogP) is 2.27. The van der Waals surface area contributed by atoms with Crippen molar-refractivity contribution in [2.24, 2.45) is 4.99 Å². The van der Waals surface area contributed by atoms with Gasteiger partial charge in [0.05, 0.1) is 18.4 Å². The van der Waals surface area contributed by atoms with E-state index in [4.69, 9.17) is 0 Å². The summed E-state index contributed by atoms with van der Waals surface area (Å²) in [5, 5.41) is 9.86. The van der Waals surface area contributed by atoms with Crippen molar-refractivity contribution in [3.05, 3.63) is 23.8 Å². The second kappa shape index (κ2) is 5.36. The molecular weight excluding hydrogens is 289 g/mol. The van der Waals surface area contributed by atoms with Crippen molar-refractivity contribution in [1.29, 1.82) is 0 Å². The summed E-state index contributed by atoms with van der Waals surface area (Å²) in [5.74, 6) is -0.787. The van der Waals surface area contributed by atoms with E-state index in [1.165, 1.54) is 18.2 Å². The Bertz CT molecular complexity index is 599. The van der Waals surface area contributed by atoms with Gasteiger partial charge in [-0.25, -0.2) is 9.79 Å². The number of rotatable bonds is 2. The lowest BCUT2D eigenvalue weighted by Gasteiger charge is -2.35. The molecule has 0 saturated heterocycles. The van der Waals surface area contributed by atoms with Crippen molar-refractivity contribution >= 4 is 23.1 Å². The number of para-hydroxylation sites is 1. The number of alkyl halides is 3. The number of ether oxygens (including phenoxy) is 1. The van der Waals surface area contributed by atoms with Crippen LogP contribution in [0.2, 0.25) is 0 Å². The van der Waals surface area contributed by atoms with Crippen molar-refractivity contribution in [2.75, 3.05) is 18.6 Å². The number of fused-ring (bicyclic) bond motifs is 1. The number of nitrogens with zero attached hydrogens (tertiary/aromatic N) is 2. The first-order chi connectivity index (χ1) is 9.81. The molecule has 2 rings (SSSR count). The summed E-state index contributed by atoms with van der Waals surface area (Å²) in [5.41, 5.74) is -1.33. The van der Waals surface area contributed by atoms with E-state index in [1.807, 2.05) is 0 Å². The van der Waals surface area contributed by atoms with Crippen LogP contribution in [0.1, 0.15) is 17.3 Å². The molecule has 1 aliphatic heterocycles. The summed E-state index contributed by atoms with van der Waals surface area (Å²) in [4.78, 5) is 16.3. The minimum absolute atomic E-state index is 0.0814. The van der Waals surface area contributed by atoms with Gasteiger partial charge in [-0.15, -0.1) is 0 Å². The molecule has 1 aromatic rings. The number of halogens is 3. The molecular formula is C13H13F3N2O3. The molecule has 1 aliphatic rings. The quantitative estimate of drug-likeness (QED) is 0.851. The third kappa shape index (κ3) is 2.58. The van der Waals surface area contributed by atoms with Gasteiger partial charge in [-0.3, -0.25) is 0 Å². The molecule has 1 heterocycles. The normalized spacial score (nSPS) is 18.1. The van der Waals surface area contributed by atoms with Gasteiger partial charge >= 0.3 is 12.1 Å². The van der Waals surface area contributed by atoms with Crippen molar-refractivity contribution in [3.8, 4) is 0 Å². The number of benzene rings is 1. The van der Waals surface area contributed by atoms with E-state index in [2.05, 4.69) is 9.73 Å². The maximum atomic E-state index is 13.0. The van der Waals surface area contributed by atoms with Crippen LogP contribution in [0, 0.1) is 0 Å². The Morgan fingerprint density at radius 3 is 2.67 bits per heavy atom. The highest BCUT2D eigenvalue weighted by Gasteiger charge is 2.45. The van der Waals surface area contributed by atoms with E-state index in [0.717, 1.165) is 12.0 Å². The molecule has 0 bridgehead atoms. The van der Waals surface area contributed by atoms with E-state index in [0.29, 0.717) is 0 Å². The van der Waals surface area contributed by atoms with Gasteiger partial charge in [0, 0.05) is 6.54 Å². The van der Waals surface area contributed by atoms with Gasteiger partial charge in [-0.2, -0.15) is 13.2 Å². The zero-order valence-electron chi connectivity index (χ0n) is 11.3. The Labute approximate surface area is 118 Å². The van der Waals surface area contributed by atoms with Crippen molar-refractivity contribution in [1.82, 2.24) is 0 Å². The summed E-state index contributed by atoms with van der Waals surface area (Å²) in [6.07, 6.45) is -6.70. The molecule has 0 spiro atoms. The summed E-state index contributed by atoms with van der Waals surface area (Å²) >= 11 is 0. The molecule has 1 unspecified atom stereocenters. The standard InChI is InChI=1S/C13H13F3N2O3/c1-3-18-8-6-4-5-7(12(20)21-2)9(8)17-10(11(18)19)13(14,15)16/h4-6,11,19H,3H2,1-2H3. The number of hydrogen-bond donors (Lipinski definition) is 1. The van der Waals surface area contributed by atoms with Crippen molar-refractivity contribution in [3.63, 3.8) is 0 Å². The second-order valence-electron chi connectivity index (χ2n) is 4.32. The first-order valence-corrected chi connectivity index (χ1v) is 6.13. The van der Waals surface area contributed by atoms with Crippen LogP contribution in [0.3, 0.4) is 0 Å². The van der Waals surface area contributed by atoms with Gasteiger partial charge in [0.25, 0.3) is 0 Å². The lowest BCUT2D eigenvalue weighted by molar-refractivity contribution is -0.0665. The Kier molecular flexibility index (Phi) is 3.91. The lowest BCUT2D eigenvalue weighted by Crippen LogP contribution is -2.49. The van der Waals surface area contributed by atoms with Crippen molar-refractivity contribution < 1.29 is 27.8 Å². The van der Waals surface area contributed by atoms with Gasteiger partial charge in [0.15, 0.2) is 11.9 Å². The first kappa shape index (κ1) is 15.3. The average Bonchev–Trinajstić information content (AvgIpc) is 2.44. The van der Waals surface area contributed by atoms with Gasteiger partial charge in [0.1, 0.15) is 5.69 Å². The number of aliphatic hydroxyl groups excluding tert-OH is 1. The molecule has 0 aliphatic carbocycles. The van der Waals surface area contributed by atoms with E-state index < -0.39 is 24.1 Å². The number of methoxy groups -OCH3 is 1. The van der Waals surface area contributed by atoms with Crippen LogP contribution in [0.5, 0.6) is 0 Å². The van der Waals surface area contributed by atoms with Crippen LogP contribution in [0.25, 0.3) is 0 Å². The number of carbonyl (C=O) groups is 1. The molecule has 1 N–H and O–H groups in total. The molecule has 8 heteroatoms. The molecule has 21 heavy (non-hydrogen) atoms. The maximum absolute atomic E-state index is 13.0. The molecule has 1 atom stereocenters. The number of anilines is 1. The molecule has 0 fully saturated rings. The lowest BCUT2D eigenvalue weighted by atomic mass is 10.1.